The number of aromatic hydroxyl groups is 1. The van der Waals surface area contributed by atoms with Gasteiger partial charge in [0, 0.05) is 11.6 Å². The molecule has 0 bridgehead atoms. The summed E-state index contributed by atoms with van der Waals surface area (Å²) in [4.78, 5) is 27.5. The highest BCUT2D eigenvalue weighted by Crippen LogP contribution is 2.44. The van der Waals surface area contributed by atoms with Gasteiger partial charge in [-0.3, -0.25) is 9.59 Å². The summed E-state index contributed by atoms with van der Waals surface area (Å²) < 4.78 is 10.4. The molecule has 2 aromatic rings. The number of carbonyl (C=O) groups excluding carboxylic acids is 2. The number of ketones is 1. The van der Waals surface area contributed by atoms with Crippen LogP contribution in [-0.2, 0) is 9.59 Å². The molecule has 1 atom stereocenters. The molecule has 0 aromatic heterocycles. The predicted molar refractivity (Wildman–Crippen MR) is 126 cm³/mol. The number of benzene rings is 2. The zero-order chi connectivity index (χ0) is 24.3. The van der Waals surface area contributed by atoms with E-state index in [4.69, 9.17) is 32.7 Å². The van der Waals surface area contributed by atoms with Crippen LogP contribution in [0.25, 0.3) is 5.76 Å². The number of phenolic OH excluding ortho intramolecular Hbond substituents is 1. The second-order valence-corrected chi connectivity index (χ2v) is 8.44. The van der Waals surface area contributed by atoms with Gasteiger partial charge in [0.05, 0.1) is 36.4 Å². The third kappa shape index (κ3) is 4.75. The van der Waals surface area contributed by atoms with E-state index in [9.17, 15) is 19.8 Å². The van der Waals surface area contributed by atoms with Gasteiger partial charge in [0.15, 0.2) is 11.5 Å². The number of nitrogens with zero attached hydrogens (tertiary/aromatic N) is 1. The third-order valence-electron chi connectivity index (χ3n) is 5.53. The molecule has 2 aromatic carbocycles. The van der Waals surface area contributed by atoms with E-state index in [0.29, 0.717) is 18.5 Å². The molecule has 9 heteroatoms. The third-order valence-corrected chi connectivity index (χ3v) is 6.03. The highest BCUT2D eigenvalue weighted by Gasteiger charge is 2.46. The summed E-state index contributed by atoms with van der Waals surface area (Å²) in [7, 11) is 2.79. The topological polar surface area (TPSA) is 96.3 Å². The van der Waals surface area contributed by atoms with Crippen molar-refractivity contribution in [1.29, 1.82) is 0 Å². The molecule has 1 heterocycles. The van der Waals surface area contributed by atoms with Gasteiger partial charge in [0.1, 0.15) is 11.5 Å². The van der Waals surface area contributed by atoms with Crippen LogP contribution in [0.1, 0.15) is 43.4 Å². The fourth-order valence-electron chi connectivity index (χ4n) is 3.96. The molecule has 2 N–H and O–H groups in total. The summed E-state index contributed by atoms with van der Waals surface area (Å²) in [5, 5.41) is 22.0. The van der Waals surface area contributed by atoms with Gasteiger partial charge >= 0.3 is 0 Å². The standard InChI is InChI=1S/C24H25Cl2NO6/c1-4-5-6-9-27-20(13-7-8-18(32-2)17(28)10-13)19(22(30)24(27)31)21(29)15-11-14(25)12-16(26)23(15)33-3/h7-8,10-12,20,28-29H,4-6,9H2,1-3H3/b21-19+. The van der Waals surface area contributed by atoms with E-state index >= 15 is 0 Å². The van der Waals surface area contributed by atoms with E-state index < -0.39 is 23.5 Å². The summed E-state index contributed by atoms with van der Waals surface area (Å²) in [6, 6.07) is 6.51. The zero-order valence-corrected chi connectivity index (χ0v) is 20.0. The maximum absolute atomic E-state index is 13.1. The van der Waals surface area contributed by atoms with Crippen molar-refractivity contribution in [2.45, 2.75) is 32.2 Å². The van der Waals surface area contributed by atoms with Gasteiger partial charge in [-0.25, -0.2) is 0 Å². The first-order valence-electron chi connectivity index (χ1n) is 10.4. The van der Waals surface area contributed by atoms with Crippen LogP contribution in [0.15, 0.2) is 35.9 Å². The first kappa shape index (κ1) is 24.7. The highest BCUT2D eigenvalue weighted by atomic mass is 35.5. The maximum Gasteiger partial charge on any atom is 0.295 e. The largest absolute Gasteiger partial charge is 0.507 e. The molecule has 1 amide bonds. The van der Waals surface area contributed by atoms with E-state index in [-0.39, 0.29) is 38.4 Å². The monoisotopic (exact) mass is 493 g/mol. The number of Topliss-reactive ketones (excluding diaryl/α,β-unsaturated/α-hetero) is 1. The molecule has 0 radical (unpaired) electrons. The molecule has 3 rings (SSSR count). The number of phenols is 1. The van der Waals surface area contributed by atoms with Crippen LogP contribution in [0.4, 0.5) is 0 Å². The van der Waals surface area contributed by atoms with Crippen molar-refractivity contribution in [2.75, 3.05) is 20.8 Å². The van der Waals surface area contributed by atoms with Crippen molar-refractivity contribution < 1.29 is 29.3 Å². The van der Waals surface area contributed by atoms with Crippen LogP contribution in [-0.4, -0.2) is 47.6 Å². The zero-order valence-electron chi connectivity index (χ0n) is 18.5. The number of carbonyl (C=O) groups is 2. The van der Waals surface area contributed by atoms with Crippen molar-refractivity contribution in [3.8, 4) is 17.2 Å². The van der Waals surface area contributed by atoms with Gasteiger partial charge in [0.25, 0.3) is 11.7 Å². The van der Waals surface area contributed by atoms with E-state index in [1.54, 1.807) is 6.07 Å². The number of ether oxygens (including phenoxy) is 2. The average Bonchev–Trinajstić information content (AvgIpc) is 3.03. The Labute approximate surface area is 202 Å². The normalized spacial score (nSPS) is 17.5. The number of aliphatic hydroxyl groups is 1. The number of hydrogen-bond donors (Lipinski definition) is 2. The van der Waals surface area contributed by atoms with E-state index in [0.717, 1.165) is 12.8 Å². The average molecular weight is 494 g/mol. The number of aliphatic hydroxyl groups excluding tert-OH is 1. The molecule has 7 nitrogen and oxygen atoms in total. The fourth-order valence-corrected chi connectivity index (χ4v) is 4.53. The molecule has 0 aliphatic carbocycles. The van der Waals surface area contributed by atoms with E-state index in [1.165, 1.54) is 43.4 Å². The van der Waals surface area contributed by atoms with Crippen molar-refractivity contribution >= 4 is 40.7 Å². The number of methoxy groups -OCH3 is 2. The molecular formula is C24H25Cl2NO6. The van der Waals surface area contributed by atoms with E-state index in [1.807, 2.05) is 6.92 Å². The molecule has 0 spiro atoms. The number of rotatable bonds is 8. The van der Waals surface area contributed by atoms with Crippen LogP contribution in [0.3, 0.4) is 0 Å². The number of hydrogen-bond acceptors (Lipinski definition) is 6. The molecule has 176 valence electrons. The van der Waals surface area contributed by atoms with Gasteiger partial charge in [-0.2, -0.15) is 0 Å². The predicted octanol–water partition coefficient (Wildman–Crippen LogP) is 5.33. The Morgan fingerprint density at radius 3 is 2.42 bits per heavy atom. The van der Waals surface area contributed by atoms with Gasteiger partial charge in [0.2, 0.25) is 0 Å². The van der Waals surface area contributed by atoms with Crippen molar-refractivity contribution in [1.82, 2.24) is 4.90 Å². The maximum atomic E-state index is 13.1. The Balaban J connectivity index is 2.24. The SMILES string of the molecule is CCCCCN1C(=O)C(=O)/C(=C(/O)c2cc(Cl)cc(Cl)c2OC)C1c1ccc(OC)c(O)c1. The van der Waals surface area contributed by atoms with Gasteiger partial charge in [-0.1, -0.05) is 49.0 Å². The minimum Gasteiger partial charge on any atom is -0.507 e. The van der Waals surface area contributed by atoms with Crippen LogP contribution < -0.4 is 9.47 Å². The van der Waals surface area contributed by atoms with E-state index in [2.05, 4.69) is 0 Å². The second kappa shape index (κ2) is 10.4. The Kier molecular flexibility index (Phi) is 7.76. The number of likely N-dealkylation sites (tertiary alicyclic amines) is 1. The summed E-state index contributed by atoms with van der Waals surface area (Å²) in [5.41, 5.74) is 0.389. The fraction of sp³-hybridized carbons (Fsp3) is 0.333. The minimum atomic E-state index is -0.930. The molecule has 1 aliphatic heterocycles. The number of halogens is 2. The van der Waals surface area contributed by atoms with Crippen molar-refractivity contribution in [3.63, 3.8) is 0 Å². The Bertz CT molecular complexity index is 1110. The highest BCUT2D eigenvalue weighted by molar-refractivity contribution is 6.46. The molecular weight excluding hydrogens is 469 g/mol. The van der Waals surface area contributed by atoms with Crippen LogP contribution in [0, 0.1) is 0 Å². The van der Waals surface area contributed by atoms with Gasteiger partial charge < -0.3 is 24.6 Å². The lowest BCUT2D eigenvalue weighted by Gasteiger charge is -2.26. The summed E-state index contributed by atoms with van der Waals surface area (Å²) in [5.74, 6) is -1.84. The van der Waals surface area contributed by atoms with Crippen LogP contribution in [0.5, 0.6) is 17.2 Å². The van der Waals surface area contributed by atoms with Crippen LogP contribution in [0.2, 0.25) is 10.0 Å². The minimum absolute atomic E-state index is 0.0873. The lowest BCUT2D eigenvalue weighted by molar-refractivity contribution is -0.139. The number of unbranched alkanes of at least 4 members (excludes halogenated alkanes) is 2. The van der Waals surface area contributed by atoms with Gasteiger partial charge in [-0.05, 0) is 36.2 Å². The summed E-state index contributed by atoms with van der Waals surface area (Å²) in [6.07, 6.45) is 2.46. The molecule has 1 saturated heterocycles. The number of amides is 1. The quantitative estimate of drug-likeness (QED) is 0.223. The van der Waals surface area contributed by atoms with Crippen molar-refractivity contribution in [2.24, 2.45) is 0 Å². The first-order valence-corrected chi connectivity index (χ1v) is 11.2. The first-order chi connectivity index (χ1) is 15.7. The lowest BCUT2D eigenvalue weighted by atomic mass is 9.94. The second-order valence-electron chi connectivity index (χ2n) is 7.60. The van der Waals surface area contributed by atoms with Crippen LogP contribution >= 0.6 is 23.2 Å². The molecule has 33 heavy (non-hydrogen) atoms. The molecule has 1 aliphatic rings. The Morgan fingerprint density at radius 1 is 1.09 bits per heavy atom. The van der Waals surface area contributed by atoms with Gasteiger partial charge in [-0.15, -0.1) is 0 Å². The Hall–Kier alpha value is -2.90. The molecule has 1 unspecified atom stereocenters. The lowest BCUT2D eigenvalue weighted by Crippen LogP contribution is -2.30. The van der Waals surface area contributed by atoms with Crippen molar-refractivity contribution in [3.05, 3.63) is 57.1 Å². The summed E-state index contributed by atoms with van der Waals surface area (Å²) in [6.45, 7) is 2.34. The Morgan fingerprint density at radius 2 is 1.82 bits per heavy atom. The molecule has 1 fully saturated rings. The smallest absolute Gasteiger partial charge is 0.295 e. The molecule has 0 saturated carbocycles. The summed E-state index contributed by atoms with van der Waals surface area (Å²) >= 11 is 12.4.